The standard InChI is InChI=1S/C22H28ClN3O2/c1-14(2)7-8-19-16-9-15(18-5-4-6-21(27)26(18)19)11-25(12-16)22(28)20-10-17(23)13-24(20)3/h4-6,10,13-16,19H,7-9,11-12H2,1-3H3/t15-,16+,19+/m1/s1. The maximum absolute atomic E-state index is 13.2. The summed E-state index contributed by atoms with van der Waals surface area (Å²) in [6.07, 6.45) is 4.86. The molecule has 4 heterocycles. The van der Waals surface area contributed by atoms with Gasteiger partial charge < -0.3 is 14.0 Å². The van der Waals surface area contributed by atoms with Gasteiger partial charge in [-0.1, -0.05) is 31.5 Å². The molecule has 5 nitrogen and oxygen atoms in total. The Morgan fingerprint density at radius 2 is 2.07 bits per heavy atom. The van der Waals surface area contributed by atoms with Gasteiger partial charge in [-0.2, -0.15) is 0 Å². The lowest BCUT2D eigenvalue weighted by Gasteiger charge is -2.47. The molecule has 0 radical (unpaired) electrons. The zero-order valence-electron chi connectivity index (χ0n) is 16.8. The van der Waals surface area contributed by atoms with E-state index in [9.17, 15) is 9.59 Å². The second-order valence-corrected chi connectivity index (χ2v) is 9.19. The van der Waals surface area contributed by atoms with E-state index in [2.05, 4.69) is 19.9 Å². The van der Waals surface area contributed by atoms with Crippen molar-refractivity contribution in [2.75, 3.05) is 13.1 Å². The van der Waals surface area contributed by atoms with E-state index in [1.165, 1.54) is 0 Å². The van der Waals surface area contributed by atoms with Crippen LogP contribution in [0.15, 0.2) is 35.3 Å². The molecule has 150 valence electrons. The summed E-state index contributed by atoms with van der Waals surface area (Å²) in [4.78, 5) is 27.9. The Labute approximate surface area is 170 Å². The number of halogens is 1. The van der Waals surface area contributed by atoms with Gasteiger partial charge in [0.2, 0.25) is 0 Å². The minimum atomic E-state index is 0.0263. The van der Waals surface area contributed by atoms with E-state index >= 15 is 0 Å². The maximum Gasteiger partial charge on any atom is 0.270 e. The highest BCUT2D eigenvalue weighted by Gasteiger charge is 2.41. The van der Waals surface area contributed by atoms with E-state index in [-0.39, 0.29) is 23.4 Å². The van der Waals surface area contributed by atoms with Crippen molar-refractivity contribution < 1.29 is 4.79 Å². The van der Waals surface area contributed by atoms with E-state index < -0.39 is 0 Å². The van der Waals surface area contributed by atoms with Gasteiger partial charge in [0.15, 0.2) is 0 Å². The Morgan fingerprint density at radius 1 is 1.29 bits per heavy atom. The van der Waals surface area contributed by atoms with Gasteiger partial charge in [0.1, 0.15) is 5.69 Å². The van der Waals surface area contributed by atoms with Crippen LogP contribution in [0.4, 0.5) is 0 Å². The maximum atomic E-state index is 13.2. The first-order valence-corrected chi connectivity index (χ1v) is 10.6. The molecule has 0 aliphatic carbocycles. The Morgan fingerprint density at radius 3 is 2.75 bits per heavy atom. The topological polar surface area (TPSA) is 47.2 Å². The molecule has 0 aromatic carbocycles. The fraction of sp³-hybridized carbons (Fsp3) is 0.545. The van der Waals surface area contributed by atoms with E-state index in [4.69, 9.17) is 11.6 Å². The minimum absolute atomic E-state index is 0.0263. The molecule has 0 unspecified atom stereocenters. The number of likely N-dealkylation sites (tertiary alicyclic amines) is 1. The predicted octanol–water partition coefficient (Wildman–Crippen LogP) is 4.08. The molecular weight excluding hydrogens is 374 g/mol. The molecule has 2 aliphatic heterocycles. The molecular formula is C22H28ClN3O2. The van der Waals surface area contributed by atoms with Crippen molar-refractivity contribution in [3.63, 3.8) is 0 Å². The van der Waals surface area contributed by atoms with Crippen LogP contribution in [0.25, 0.3) is 0 Å². The number of hydrogen-bond acceptors (Lipinski definition) is 2. The van der Waals surface area contributed by atoms with Crippen molar-refractivity contribution in [2.45, 2.75) is 45.1 Å². The summed E-state index contributed by atoms with van der Waals surface area (Å²) in [6.45, 7) is 5.78. The second kappa shape index (κ2) is 7.43. The summed E-state index contributed by atoms with van der Waals surface area (Å²) in [6, 6.07) is 7.49. The quantitative estimate of drug-likeness (QED) is 0.775. The van der Waals surface area contributed by atoms with Gasteiger partial charge in [-0.05, 0) is 43.2 Å². The molecule has 28 heavy (non-hydrogen) atoms. The van der Waals surface area contributed by atoms with E-state index in [1.807, 2.05) is 22.6 Å². The predicted molar refractivity (Wildman–Crippen MR) is 111 cm³/mol. The van der Waals surface area contributed by atoms with Crippen molar-refractivity contribution in [1.82, 2.24) is 14.0 Å². The number of hydrogen-bond donors (Lipinski definition) is 0. The number of aromatic nitrogens is 2. The number of rotatable bonds is 4. The zero-order chi connectivity index (χ0) is 20.0. The van der Waals surface area contributed by atoms with E-state index in [0.717, 1.165) is 25.0 Å². The van der Waals surface area contributed by atoms with Crippen molar-refractivity contribution in [3.8, 4) is 0 Å². The summed E-state index contributed by atoms with van der Waals surface area (Å²) in [5, 5.41) is 0.578. The Bertz CT molecular complexity index is 945. The molecule has 1 amide bonds. The number of carbonyl (C=O) groups is 1. The lowest BCUT2D eigenvalue weighted by Crippen LogP contribution is -2.51. The van der Waals surface area contributed by atoms with Gasteiger partial charge in [-0.15, -0.1) is 0 Å². The Balaban J connectivity index is 1.68. The van der Waals surface area contributed by atoms with Crippen LogP contribution in [0.2, 0.25) is 5.02 Å². The van der Waals surface area contributed by atoms with Crippen LogP contribution in [0.3, 0.4) is 0 Å². The third kappa shape index (κ3) is 3.41. The van der Waals surface area contributed by atoms with Gasteiger partial charge >= 0.3 is 0 Å². The van der Waals surface area contributed by atoms with Crippen LogP contribution in [0.5, 0.6) is 0 Å². The molecule has 1 fully saturated rings. The van der Waals surface area contributed by atoms with Crippen LogP contribution in [0, 0.1) is 11.8 Å². The summed E-state index contributed by atoms with van der Waals surface area (Å²) < 4.78 is 3.83. The number of carbonyl (C=O) groups excluding carboxylic acids is 1. The Hall–Kier alpha value is -2.01. The lowest BCUT2D eigenvalue weighted by atomic mass is 9.76. The third-order valence-corrected chi connectivity index (χ3v) is 6.52. The second-order valence-electron chi connectivity index (χ2n) is 8.75. The SMILES string of the molecule is CC(C)CC[C@H]1[C@H]2C[C@H](CN(C(=O)c3cc(Cl)cn3C)C2)c2cccc(=O)n21. The molecule has 2 aliphatic rings. The van der Waals surface area contributed by atoms with Crippen molar-refractivity contribution in [3.05, 3.63) is 57.2 Å². The molecule has 2 aromatic rings. The summed E-state index contributed by atoms with van der Waals surface area (Å²) >= 11 is 6.09. The molecule has 6 heteroatoms. The highest BCUT2D eigenvalue weighted by molar-refractivity contribution is 6.31. The monoisotopic (exact) mass is 401 g/mol. The Kier molecular flexibility index (Phi) is 5.13. The average molecular weight is 402 g/mol. The van der Waals surface area contributed by atoms with Gasteiger partial charge in [0.25, 0.3) is 11.5 Å². The van der Waals surface area contributed by atoms with Crippen LogP contribution in [-0.2, 0) is 7.05 Å². The third-order valence-electron chi connectivity index (χ3n) is 6.32. The smallest absolute Gasteiger partial charge is 0.270 e. The van der Waals surface area contributed by atoms with Crippen LogP contribution in [-0.4, -0.2) is 33.0 Å². The lowest BCUT2D eigenvalue weighted by molar-refractivity contribution is 0.0505. The molecule has 2 aromatic heterocycles. The number of aryl methyl sites for hydroxylation is 1. The van der Waals surface area contributed by atoms with Crippen LogP contribution < -0.4 is 5.56 Å². The molecule has 4 rings (SSSR count). The molecule has 2 bridgehead atoms. The first-order chi connectivity index (χ1) is 13.3. The molecule has 3 atom stereocenters. The normalized spacial score (nSPS) is 23.8. The van der Waals surface area contributed by atoms with Crippen molar-refractivity contribution in [1.29, 1.82) is 0 Å². The fourth-order valence-corrected chi connectivity index (χ4v) is 5.23. The van der Waals surface area contributed by atoms with Crippen LogP contribution in [0.1, 0.15) is 61.3 Å². The first-order valence-electron chi connectivity index (χ1n) is 10.2. The van der Waals surface area contributed by atoms with Gasteiger partial charge in [-0.25, -0.2) is 0 Å². The highest BCUT2D eigenvalue weighted by Crippen LogP contribution is 2.43. The van der Waals surface area contributed by atoms with Gasteiger partial charge in [0.05, 0.1) is 5.02 Å². The molecule has 0 saturated carbocycles. The van der Waals surface area contributed by atoms with Crippen molar-refractivity contribution >= 4 is 17.5 Å². The summed E-state index contributed by atoms with van der Waals surface area (Å²) in [5.41, 5.74) is 1.80. The minimum Gasteiger partial charge on any atom is -0.345 e. The number of fused-ring (bicyclic) bond motifs is 4. The summed E-state index contributed by atoms with van der Waals surface area (Å²) in [7, 11) is 1.85. The van der Waals surface area contributed by atoms with E-state index in [0.29, 0.717) is 35.6 Å². The number of amides is 1. The molecule has 0 spiro atoms. The average Bonchev–Trinajstić information content (AvgIpc) is 2.99. The van der Waals surface area contributed by atoms with Crippen LogP contribution >= 0.6 is 11.6 Å². The summed E-state index contributed by atoms with van der Waals surface area (Å²) in [5.74, 6) is 1.14. The van der Waals surface area contributed by atoms with Gasteiger partial charge in [0, 0.05) is 50.1 Å². The number of piperidine rings is 1. The molecule has 1 saturated heterocycles. The molecule has 0 N–H and O–H groups in total. The largest absolute Gasteiger partial charge is 0.345 e. The van der Waals surface area contributed by atoms with Gasteiger partial charge in [-0.3, -0.25) is 9.59 Å². The zero-order valence-corrected chi connectivity index (χ0v) is 17.5. The first kappa shape index (κ1) is 19.3. The van der Waals surface area contributed by atoms with Crippen molar-refractivity contribution in [2.24, 2.45) is 18.9 Å². The fourth-order valence-electron chi connectivity index (χ4n) is 4.98. The van der Waals surface area contributed by atoms with E-state index in [1.54, 1.807) is 22.9 Å². The number of pyridine rings is 1. The number of nitrogens with zero attached hydrogens (tertiary/aromatic N) is 3. The highest BCUT2D eigenvalue weighted by atomic mass is 35.5.